The zero-order chi connectivity index (χ0) is 13.8. The molecule has 0 saturated carbocycles. The Morgan fingerprint density at radius 3 is 2.37 bits per heavy atom. The van der Waals surface area contributed by atoms with Gasteiger partial charge in [-0.25, -0.2) is 0 Å². The van der Waals surface area contributed by atoms with E-state index in [0.29, 0.717) is 16.7 Å². The van der Waals surface area contributed by atoms with Gasteiger partial charge in [-0.3, -0.25) is 0 Å². The summed E-state index contributed by atoms with van der Waals surface area (Å²) >= 11 is 0. The summed E-state index contributed by atoms with van der Waals surface area (Å²) in [6, 6.07) is 4.97. The van der Waals surface area contributed by atoms with Crippen molar-refractivity contribution in [2.75, 3.05) is 0 Å². The first-order chi connectivity index (χ1) is 8.73. The molecule has 0 aliphatic heterocycles. The second-order valence-corrected chi connectivity index (χ2v) is 8.50. The summed E-state index contributed by atoms with van der Waals surface area (Å²) in [7, 11) is 0. The van der Waals surface area contributed by atoms with Crippen molar-refractivity contribution in [1.82, 2.24) is 0 Å². The standard InChI is InChI=1S/C19H26/c1-18(2,3)10-14-7-6-13-8-15-11-19(4,5)12-16(15)9-17(13)14/h6-9,14H,10-12H2,1-5H3. The molecule has 1 aromatic rings. The molecule has 1 unspecified atom stereocenters. The first-order valence-corrected chi connectivity index (χ1v) is 7.57. The Hall–Kier alpha value is -1.04. The molecule has 0 fully saturated rings. The quantitative estimate of drug-likeness (QED) is 0.633. The molecule has 0 heteroatoms. The molecule has 0 amide bonds. The predicted molar refractivity (Wildman–Crippen MR) is 83.5 cm³/mol. The van der Waals surface area contributed by atoms with Crippen LogP contribution in [0.2, 0.25) is 0 Å². The van der Waals surface area contributed by atoms with Crippen LogP contribution in [0.4, 0.5) is 0 Å². The van der Waals surface area contributed by atoms with Crippen molar-refractivity contribution in [3.8, 4) is 0 Å². The lowest BCUT2D eigenvalue weighted by molar-refractivity contribution is 0.362. The van der Waals surface area contributed by atoms with Crippen molar-refractivity contribution in [2.24, 2.45) is 10.8 Å². The maximum Gasteiger partial charge on any atom is 0.00323 e. The van der Waals surface area contributed by atoms with Crippen molar-refractivity contribution in [3.05, 3.63) is 40.5 Å². The Labute approximate surface area is 117 Å². The van der Waals surface area contributed by atoms with Gasteiger partial charge in [-0.2, -0.15) is 0 Å². The van der Waals surface area contributed by atoms with E-state index in [0.717, 1.165) is 0 Å². The summed E-state index contributed by atoms with van der Waals surface area (Å²) in [6.07, 6.45) is 8.50. The van der Waals surface area contributed by atoms with Gasteiger partial charge in [0, 0.05) is 5.92 Å². The molecule has 1 aromatic carbocycles. The summed E-state index contributed by atoms with van der Waals surface area (Å²) < 4.78 is 0. The van der Waals surface area contributed by atoms with E-state index in [1.54, 1.807) is 16.7 Å². The van der Waals surface area contributed by atoms with Crippen LogP contribution in [0.1, 0.15) is 69.2 Å². The lowest BCUT2D eigenvalue weighted by Gasteiger charge is -2.23. The summed E-state index contributed by atoms with van der Waals surface area (Å²) in [4.78, 5) is 0. The van der Waals surface area contributed by atoms with Crippen LogP contribution in [0.25, 0.3) is 6.08 Å². The summed E-state index contributed by atoms with van der Waals surface area (Å²) in [5.74, 6) is 0.629. The Morgan fingerprint density at radius 1 is 1.11 bits per heavy atom. The molecule has 0 N–H and O–H groups in total. The average Bonchev–Trinajstić information content (AvgIpc) is 2.72. The Morgan fingerprint density at radius 2 is 1.74 bits per heavy atom. The van der Waals surface area contributed by atoms with E-state index in [9.17, 15) is 0 Å². The highest BCUT2D eigenvalue weighted by Crippen LogP contribution is 2.43. The van der Waals surface area contributed by atoms with Crippen molar-refractivity contribution >= 4 is 6.08 Å². The molecule has 102 valence electrons. The van der Waals surface area contributed by atoms with Gasteiger partial charge in [-0.05, 0) is 52.3 Å². The monoisotopic (exact) mass is 254 g/mol. The molecule has 0 radical (unpaired) electrons. The summed E-state index contributed by atoms with van der Waals surface area (Å²) in [5, 5.41) is 0. The van der Waals surface area contributed by atoms with E-state index >= 15 is 0 Å². The molecule has 3 rings (SSSR count). The van der Waals surface area contributed by atoms with Crippen LogP contribution in [0.15, 0.2) is 18.2 Å². The second-order valence-electron chi connectivity index (χ2n) is 8.50. The zero-order valence-corrected chi connectivity index (χ0v) is 13.0. The van der Waals surface area contributed by atoms with Gasteiger partial charge in [-0.1, -0.05) is 58.9 Å². The second kappa shape index (κ2) is 3.98. The zero-order valence-electron chi connectivity index (χ0n) is 13.0. The minimum absolute atomic E-state index is 0.398. The predicted octanol–water partition coefficient (Wildman–Crippen LogP) is 5.36. The van der Waals surface area contributed by atoms with E-state index < -0.39 is 0 Å². The van der Waals surface area contributed by atoms with Crippen LogP contribution < -0.4 is 0 Å². The number of benzene rings is 1. The summed E-state index contributed by atoms with van der Waals surface area (Å²) in [6.45, 7) is 11.8. The van der Waals surface area contributed by atoms with Gasteiger partial charge in [-0.15, -0.1) is 0 Å². The number of hydrogen-bond acceptors (Lipinski definition) is 0. The fraction of sp³-hybridized carbons (Fsp3) is 0.579. The third-order valence-electron chi connectivity index (χ3n) is 4.48. The third-order valence-corrected chi connectivity index (χ3v) is 4.48. The van der Waals surface area contributed by atoms with E-state index in [1.165, 1.54) is 24.8 Å². The van der Waals surface area contributed by atoms with Gasteiger partial charge in [0.05, 0.1) is 0 Å². The highest BCUT2D eigenvalue weighted by Gasteiger charge is 2.31. The van der Waals surface area contributed by atoms with Crippen LogP contribution >= 0.6 is 0 Å². The highest BCUT2D eigenvalue weighted by atomic mass is 14.4. The number of hydrogen-bond donors (Lipinski definition) is 0. The normalized spacial score (nSPS) is 23.5. The Kier molecular flexibility index (Phi) is 2.71. The van der Waals surface area contributed by atoms with Gasteiger partial charge in [0.15, 0.2) is 0 Å². The molecule has 2 aliphatic carbocycles. The lowest BCUT2D eigenvalue weighted by Crippen LogP contribution is -2.10. The third kappa shape index (κ3) is 2.50. The molecule has 0 aromatic heterocycles. The molecule has 0 nitrogen and oxygen atoms in total. The Balaban J connectivity index is 1.94. The number of rotatable bonds is 1. The van der Waals surface area contributed by atoms with Crippen LogP contribution in [0.3, 0.4) is 0 Å². The molecule has 0 saturated heterocycles. The molecule has 0 heterocycles. The highest BCUT2D eigenvalue weighted by molar-refractivity contribution is 5.65. The minimum atomic E-state index is 0.398. The van der Waals surface area contributed by atoms with Crippen molar-refractivity contribution in [1.29, 1.82) is 0 Å². The number of fused-ring (bicyclic) bond motifs is 2. The van der Waals surface area contributed by atoms with Crippen LogP contribution in [0.5, 0.6) is 0 Å². The van der Waals surface area contributed by atoms with Crippen molar-refractivity contribution in [2.45, 2.75) is 59.8 Å². The lowest BCUT2D eigenvalue weighted by atomic mass is 9.82. The van der Waals surface area contributed by atoms with Gasteiger partial charge in [0.25, 0.3) is 0 Å². The molecule has 0 spiro atoms. The average molecular weight is 254 g/mol. The molecule has 0 bridgehead atoms. The summed E-state index contributed by atoms with van der Waals surface area (Å²) in [5.41, 5.74) is 7.10. The van der Waals surface area contributed by atoms with E-state index in [-0.39, 0.29) is 0 Å². The fourth-order valence-corrected chi connectivity index (χ4v) is 3.78. The SMILES string of the molecule is CC(C)(C)CC1C=Cc2cc3c(cc21)CC(C)(C)C3. The smallest absolute Gasteiger partial charge is 0.00323 e. The van der Waals surface area contributed by atoms with Gasteiger partial charge in [0.2, 0.25) is 0 Å². The van der Waals surface area contributed by atoms with Gasteiger partial charge < -0.3 is 0 Å². The molecule has 19 heavy (non-hydrogen) atoms. The Bertz CT molecular complexity index is 538. The minimum Gasteiger partial charge on any atom is -0.0764 e. The van der Waals surface area contributed by atoms with E-state index in [1.807, 2.05) is 0 Å². The largest absolute Gasteiger partial charge is 0.0764 e. The van der Waals surface area contributed by atoms with Crippen LogP contribution in [0, 0.1) is 10.8 Å². The maximum absolute atomic E-state index is 2.51. The maximum atomic E-state index is 2.51. The first kappa shape index (κ1) is 13.0. The fourth-order valence-electron chi connectivity index (χ4n) is 3.78. The van der Waals surface area contributed by atoms with Crippen molar-refractivity contribution in [3.63, 3.8) is 0 Å². The molecular formula is C19H26. The van der Waals surface area contributed by atoms with Crippen molar-refractivity contribution < 1.29 is 0 Å². The van der Waals surface area contributed by atoms with E-state index in [2.05, 4.69) is 58.9 Å². The molecular weight excluding hydrogens is 228 g/mol. The number of allylic oxidation sites excluding steroid dienone is 1. The first-order valence-electron chi connectivity index (χ1n) is 7.57. The van der Waals surface area contributed by atoms with E-state index in [4.69, 9.17) is 0 Å². The van der Waals surface area contributed by atoms with Crippen LogP contribution in [-0.2, 0) is 12.8 Å². The molecule has 2 aliphatic rings. The van der Waals surface area contributed by atoms with Crippen LogP contribution in [-0.4, -0.2) is 0 Å². The van der Waals surface area contributed by atoms with Gasteiger partial charge in [0.1, 0.15) is 0 Å². The van der Waals surface area contributed by atoms with Gasteiger partial charge >= 0.3 is 0 Å². The topological polar surface area (TPSA) is 0 Å². The molecule has 1 atom stereocenters.